The largest absolute Gasteiger partial charge is 0.0746 e. The molecule has 0 saturated heterocycles. The van der Waals surface area contributed by atoms with Crippen molar-refractivity contribution in [2.24, 2.45) is 16.2 Å². The lowest BCUT2D eigenvalue weighted by atomic mass is 9.53. The van der Waals surface area contributed by atoms with Crippen molar-refractivity contribution in [2.45, 2.75) is 67.6 Å². The normalized spacial score (nSPS) is 16.9. The van der Waals surface area contributed by atoms with Crippen LogP contribution in [0.4, 0.5) is 0 Å². The lowest BCUT2D eigenvalue weighted by molar-refractivity contribution is 0.0557. The van der Waals surface area contributed by atoms with E-state index < -0.39 is 0 Å². The second kappa shape index (κ2) is 3.91. The van der Waals surface area contributed by atoms with Crippen LogP contribution in [0.1, 0.15) is 61.8 Å². The van der Waals surface area contributed by atoms with Gasteiger partial charge in [-0.3, -0.25) is 0 Å². The van der Waals surface area contributed by atoms with Crippen LogP contribution in [-0.4, -0.2) is 7.85 Å². The highest BCUT2D eigenvalue weighted by atomic mass is 14.4. The minimum atomic E-state index is 0.181. The van der Waals surface area contributed by atoms with Crippen LogP contribution < -0.4 is 0 Å². The average molecular weight is 194 g/mol. The molecule has 0 aromatic heterocycles. The van der Waals surface area contributed by atoms with E-state index in [4.69, 9.17) is 7.85 Å². The molecule has 0 aliphatic carbocycles. The second-order valence-electron chi connectivity index (χ2n) is 7.13. The number of rotatable bonds is 3. The molecule has 0 amide bonds. The molecule has 0 aromatic rings. The van der Waals surface area contributed by atoms with E-state index in [0.717, 1.165) is 0 Å². The van der Waals surface area contributed by atoms with Crippen molar-refractivity contribution in [3.63, 3.8) is 0 Å². The third-order valence-electron chi connectivity index (χ3n) is 3.85. The fraction of sp³-hybridized carbons (Fsp3) is 1.00. The van der Waals surface area contributed by atoms with E-state index in [9.17, 15) is 0 Å². The molecular formula is C13H27B. The summed E-state index contributed by atoms with van der Waals surface area (Å²) in [6, 6.07) is 0. The fourth-order valence-electron chi connectivity index (χ4n) is 2.17. The zero-order valence-electron chi connectivity index (χ0n) is 11.4. The first-order chi connectivity index (χ1) is 5.90. The molecule has 0 bridgehead atoms. The quantitative estimate of drug-likeness (QED) is 0.582. The molecule has 2 radical (unpaired) electrons. The van der Waals surface area contributed by atoms with E-state index in [0.29, 0.717) is 5.41 Å². The summed E-state index contributed by atoms with van der Waals surface area (Å²) >= 11 is 0. The van der Waals surface area contributed by atoms with Crippen LogP contribution >= 0.6 is 0 Å². The van der Waals surface area contributed by atoms with Crippen LogP contribution in [-0.2, 0) is 0 Å². The van der Waals surface area contributed by atoms with Gasteiger partial charge in [-0.25, -0.2) is 0 Å². The van der Waals surface area contributed by atoms with E-state index in [1.165, 1.54) is 6.42 Å². The molecule has 0 aromatic carbocycles. The summed E-state index contributed by atoms with van der Waals surface area (Å²) < 4.78 is 0. The number of hydrogen-bond acceptors (Lipinski definition) is 0. The van der Waals surface area contributed by atoms with Gasteiger partial charge in [0.2, 0.25) is 0 Å². The van der Waals surface area contributed by atoms with Crippen LogP contribution in [0.25, 0.3) is 0 Å². The van der Waals surface area contributed by atoms with Crippen LogP contribution in [0.3, 0.4) is 0 Å². The Kier molecular flexibility index (Phi) is 3.92. The second-order valence-corrected chi connectivity index (χ2v) is 7.13. The molecule has 1 unspecified atom stereocenters. The molecule has 0 aliphatic heterocycles. The monoisotopic (exact) mass is 194 g/mol. The molecule has 0 aliphatic rings. The van der Waals surface area contributed by atoms with Crippen molar-refractivity contribution in [3.05, 3.63) is 0 Å². The van der Waals surface area contributed by atoms with E-state index >= 15 is 0 Å². The minimum Gasteiger partial charge on any atom is -0.0746 e. The standard InChI is InChI=1S/C13H27B/c1-10(14)13(7,8)12(5,6)9-11(2,3)4/h10H,9H2,1-8H3. The van der Waals surface area contributed by atoms with Gasteiger partial charge in [-0.2, -0.15) is 0 Å². The Morgan fingerprint density at radius 1 is 0.929 bits per heavy atom. The Balaban J connectivity index is 4.78. The van der Waals surface area contributed by atoms with Gasteiger partial charge in [-0.1, -0.05) is 61.2 Å². The molecule has 0 heterocycles. The first-order valence-electron chi connectivity index (χ1n) is 5.66. The highest BCUT2D eigenvalue weighted by molar-refractivity contribution is 6.11. The third-order valence-corrected chi connectivity index (χ3v) is 3.85. The molecule has 0 N–H and O–H groups in total. The van der Waals surface area contributed by atoms with Crippen LogP contribution in [0, 0.1) is 16.2 Å². The molecular weight excluding hydrogens is 167 g/mol. The smallest absolute Gasteiger partial charge is 0.0703 e. The maximum atomic E-state index is 6.08. The third kappa shape index (κ3) is 3.33. The molecule has 1 atom stereocenters. The summed E-state index contributed by atoms with van der Waals surface area (Å²) in [6.45, 7) is 18.2. The predicted octanol–water partition coefficient (Wildman–Crippen LogP) is 4.45. The molecule has 1 heteroatoms. The van der Waals surface area contributed by atoms with Gasteiger partial charge in [-0.15, -0.1) is 0 Å². The van der Waals surface area contributed by atoms with Crippen molar-refractivity contribution in [3.8, 4) is 0 Å². The highest BCUT2D eigenvalue weighted by Gasteiger charge is 2.40. The van der Waals surface area contributed by atoms with Crippen LogP contribution in [0.15, 0.2) is 0 Å². The average Bonchev–Trinajstić information content (AvgIpc) is 1.80. The summed E-state index contributed by atoms with van der Waals surface area (Å²) in [5.41, 5.74) is 0.829. The Labute approximate surface area is 92.3 Å². The van der Waals surface area contributed by atoms with E-state index in [2.05, 4.69) is 55.4 Å². The Morgan fingerprint density at radius 2 is 1.29 bits per heavy atom. The predicted molar refractivity (Wildman–Crippen MR) is 66.8 cm³/mol. The maximum absolute atomic E-state index is 6.08. The Bertz CT molecular complexity index is 182. The van der Waals surface area contributed by atoms with Crippen molar-refractivity contribution in [1.29, 1.82) is 0 Å². The summed E-state index contributed by atoms with van der Waals surface area (Å²) in [5.74, 6) is 0.236. The summed E-state index contributed by atoms with van der Waals surface area (Å²) in [5, 5.41) is 0. The lowest BCUT2D eigenvalue weighted by Gasteiger charge is -2.48. The SMILES string of the molecule is [B]C(C)C(C)(C)C(C)(C)CC(C)(C)C. The lowest BCUT2D eigenvalue weighted by Crippen LogP contribution is -2.38. The molecule has 0 spiro atoms. The van der Waals surface area contributed by atoms with Gasteiger partial charge in [0.15, 0.2) is 0 Å². The molecule has 14 heavy (non-hydrogen) atoms. The van der Waals surface area contributed by atoms with Crippen molar-refractivity contribution in [2.75, 3.05) is 0 Å². The van der Waals surface area contributed by atoms with E-state index in [1.54, 1.807) is 0 Å². The Hall–Kier alpha value is 0.0649. The maximum Gasteiger partial charge on any atom is 0.0703 e. The van der Waals surface area contributed by atoms with Crippen molar-refractivity contribution < 1.29 is 0 Å². The fourth-order valence-corrected chi connectivity index (χ4v) is 2.17. The summed E-state index contributed by atoms with van der Waals surface area (Å²) in [4.78, 5) is 0. The van der Waals surface area contributed by atoms with Gasteiger partial charge in [0.25, 0.3) is 0 Å². The molecule has 82 valence electrons. The molecule has 0 nitrogen and oxygen atoms in total. The van der Waals surface area contributed by atoms with Gasteiger partial charge in [0.05, 0.1) is 7.85 Å². The van der Waals surface area contributed by atoms with Gasteiger partial charge in [0.1, 0.15) is 0 Å². The molecule has 0 fully saturated rings. The van der Waals surface area contributed by atoms with Crippen LogP contribution in [0.2, 0.25) is 5.82 Å². The highest BCUT2D eigenvalue weighted by Crippen LogP contribution is 2.51. The zero-order valence-corrected chi connectivity index (χ0v) is 11.4. The first kappa shape index (κ1) is 14.1. The summed E-state index contributed by atoms with van der Waals surface area (Å²) in [7, 11) is 6.08. The number of hydrogen-bond donors (Lipinski definition) is 0. The van der Waals surface area contributed by atoms with Gasteiger partial charge in [0, 0.05) is 0 Å². The molecule has 0 saturated carbocycles. The van der Waals surface area contributed by atoms with Crippen LogP contribution in [0.5, 0.6) is 0 Å². The minimum absolute atomic E-state index is 0.181. The van der Waals surface area contributed by atoms with E-state index in [1.807, 2.05) is 0 Å². The van der Waals surface area contributed by atoms with Crippen molar-refractivity contribution in [1.82, 2.24) is 0 Å². The van der Waals surface area contributed by atoms with Gasteiger partial charge < -0.3 is 0 Å². The molecule has 0 rings (SSSR count). The first-order valence-corrected chi connectivity index (χ1v) is 5.66. The van der Waals surface area contributed by atoms with Crippen molar-refractivity contribution >= 4 is 7.85 Å². The zero-order chi connectivity index (χ0) is 11.8. The van der Waals surface area contributed by atoms with E-state index in [-0.39, 0.29) is 16.6 Å². The summed E-state index contributed by atoms with van der Waals surface area (Å²) in [6.07, 6.45) is 1.20. The van der Waals surface area contributed by atoms with Gasteiger partial charge in [-0.05, 0) is 22.7 Å². The van der Waals surface area contributed by atoms with Gasteiger partial charge >= 0.3 is 0 Å². The topological polar surface area (TPSA) is 0 Å². The Morgan fingerprint density at radius 3 is 1.50 bits per heavy atom.